The average Bonchev–Trinajstić information content (AvgIpc) is 2.67. The molecule has 3 aromatic rings. The van der Waals surface area contributed by atoms with Gasteiger partial charge >= 0.3 is 0 Å². The van der Waals surface area contributed by atoms with Crippen molar-refractivity contribution in [3.63, 3.8) is 0 Å². The van der Waals surface area contributed by atoms with Gasteiger partial charge in [-0.3, -0.25) is 4.79 Å². The molecule has 0 radical (unpaired) electrons. The fraction of sp³-hybridized carbons (Fsp3) is 0.208. The van der Waals surface area contributed by atoms with Gasteiger partial charge in [-0.2, -0.15) is 0 Å². The molecule has 0 saturated carbocycles. The molecule has 0 saturated heterocycles. The third-order valence-electron chi connectivity index (χ3n) is 4.38. The van der Waals surface area contributed by atoms with Crippen molar-refractivity contribution >= 4 is 11.6 Å². The lowest BCUT2D eigenvalue weighted by atomic mass is 9.87. The Bertz CT molecular complexity index is 894. The maximum Gasteiger partial charge on any atom is 0.262 e. The number of carbonyl (C=O) groups is 1. The Morgan fingerprint density at radius 3 is 2.15 bits per heavy atom. The smallest absolute Gasteiger partial charge is 0.262 e. The monoisotopic (exact) mass is 359 g/mol. The van der Waals surface area contributed by atoms with Gasteiger partial charge < -0.3 is 10.1 Å². The number of hydrogen-bond donors (Lipinski definition) is 1. The van der Waals surface area contributed by atoms with E-state index in [0.717, 1.165) is 16.8 Å². The zero-order chi connectivity index (χ0) is 19.3. The summed E-state index contributed by atoms with van der Waals surface area (Å²) in [6.07, 6.45) is 0. The SMILES string of the molecule is CC(C)(C)c1ccc(OCC(=O)Nc2ccccc2-c2ccccc2)cc1. The third-order valence-corrected chi connectivity index (χ3v) is 4.38. The minimum absolute atomic E-state index is 0.0298. The van der Waals surface area contributed by atoms with Gasteiger partial charge in [-0.05, 0) is 34.7 Å². The van der Waals surface area contributed by atoms with Gasteiger partial charge in [0.15, 0.2) is 6.61 Å². The van der Waals surface area contributed by atoms with E-state index in [-0.39, 0.29) is 17.9 Å². The highest BCUT2D eigenvalue weighted by atomic mass is 16.5. The van der Waals surface area contributed by atoms with Crippen molar-refractivity contribution in [1.82, 2.24) is 0 Å². The Labute approximate surface area is 161 Å². The van der Waals surface area contributed by atoms with Crippen LogP contribution < -0.4 is 10.1 Å². The summed E-state index contributed by atoms with van der Waals surface area (Å²) in [5, 5.41) is 2.95. The predicted molar refractivity (Wildman–Crippen MR) is 111 cm³/mol. The zero-order valence-electron chi connectivity index (χ0n) is 16.0. The molecule has 3 nitrogen and oxygen atoms in total. The normalized spacial score (nSPS) is 11.1. The molecule has 27 heavy (non-hydrogen) atoms. The lowest BCUT2D eigenvalue weighted by Gasteiger charge is -2.19. The predicted octanol–water partition coefficient (Wildman–Crippen LogP) is 5.67. The molecule has 3 heteroatoms. The topological polar surface area (TPSA) is 38.3 Å². The molecule has 0 spiro atoms. The fourth-order valence-electron chi connectivity index (χ4n) is 2.85. The number of anilines is 1. The van der Waals surface area contributed by atoms with Crippen LogP contribution in [0.5, 0.6) is 5.75 Å². The van der Waals surface area contributed by atoms with E-state index in [2.05, 4.69) is 26.1 Å². The van der Waals surface area contributed by atoms with Gasteiger partial charge in [-0.25, -0.2) is 0 Å². The second kappa shape index (κ2) is 8.09. The molecule has 1 N–H and O–H groups in total. The standard InChI is InChI=1S/C24H25NO2/c1-24(2,3)19-13-15-20(16-14-19)27-17-23(26)25-22-12-8-7-11-21(22)18-9-5-4-6-10-18/h4-16H,17H2,1-3H3,(H,25,26). The summed E-state index contributed by atoms with van der Waals surface area (Å²) >= 11 is 0. The van der Waals surface area contributed by atoms with Gasteiger partial charge in [0.2, 0.25) is 0 Å². The van der Waals surface area contributed by atoms with Crippen LogP contribution in [-0.4, -0.2) is 12.5 Å². The van der Waals surface area contributed by atoms with Crippen molar-refractivity contribution in [2.75, 3.05) is 11.9 Å². The molecule has 0 aliphatic carbocycles. The van der Waals surface area contributed by atoms with Crippen LogP contribution in [0, 0.1) is 0 Å². The molecule has 0 fully saturated rings. The Kier molecular flexibility index (Phi) is 5.60. The van der Waals surface area contributed by atoms with E-state index < -0.39 is 0 Å². The number of para-hydroxylation sites is 1. The van der Waals surface area contributed by atoms with Crippen molar-refractivity contribution < 1.29 is 9.53 Å². The summed E-state index contributed by atoms with van der Waals surface area (Å²) in [6, 6.07) is 25.7. The van der Waals surface area contributed by atoms with Gasteiger partial charge in [-0.1, -0.05) is 81.4 Å². The Hall–Kier alpha value is -3.07. The van der Waals surface area contributed by atoms with Crippen LogP contribution in [0.25, 0.3) is 11.1 Å². The summed E-state index contributed by atoms with van der Waals surface area (Å²) in [6.45, 7) is 6.47. The minimum atomic E-state index is -0.182. The average molecular weight is 359 g/mol. The summed E-state index contributed by atoms with van der Waals surface area (Å²) in [7, 11) is 0. The number of ether oxygens (including phenoxy) is 1. The first-order chi connectivity index (χ1) is 12.9. The first kappa shape index (κ1) is 18.7. The second-order valence-corrected chi connectivity index (χ2v) is 7.52. The summed E-state index contributed by atoms with van der Waals surface area (Å²) in [5.74, 6) is 0.507. The highest BCUT2D eigenvalue weighted by Crippen LogP contribution is 2.27. The van der Waals surface area contributed by atoms with E-state index in [4.69, 9.17) is 4.74 Å². The first-order valence-corrected chi connectivity index (χ1v) is 9.11. The molecule has 0 aliphatic heterocycles. The van der Waals surface area contributed by atoms with Gasteiger partial charge in [0.25, 0.3) is 5.91 Å². The van der Waals surface area contributed by atoms with E-state index in [1.165, 1.54) is 5.56 Å². The maximum absolute atomic E-state index is 12.4. The Balaban J connectivity index is 1.64. The number of benzene rings is 3. The number of hydrogen-bond acceptors (Lipinski definition) is 2. The van der Waals surface area contributed by atoms with Crippen molar-refractivity contribution in [3.8, 4) is 16.9 Å². The van der Waals surface area contributed by atoms with Crippen LogP contribution in [0.2, 0.25) is 0 Å². The van der Waals surface area contributed by atoms with E-state index in [0.29, 0.717) is 5.75 Å². The highest BCUT2D eigenvalue weighted by molar-refractivity contribution is 5.96. The molecule has 138 valence electrons. The molecule has 0 aromatic heterocycles. The molecular formula is C24H25NO2. The Morgan fingerprint density at radius 2 is 1.48 bits per heavy atom. The molecule has 1 amide bonds. The second-order valence-electron chi connectivity index (χ2n) is 7.52. The lowest BCUT2D eigenvalue weighted by Crippen LogP contribution is -2.20. The maximum atomic E-state index is 12.4. The number of nitrogens with one attached hydrogen (secondary N) is 1. The van der Waals surface area contributed by atoms with Gasteiger partial charge in [0.1, 0.15) is 5.75 Å². The Morgan fingerprint density at radius 1 is 0.852 bits per heavy atom. The molecule has 3 rings (SSSR count). The lowest BCUT2D eigenvalue weighted by molar-refractivity contribution is -0.118. The zero-order valence-corrected chi connectivity index (χ0v) is 16.0. The summed E-state index contributed by atoms with van der Waals surface area (Å²) < 4.78 is 5.64. The van der Waals surface area contributed by atoms with Crippen molar-refractivity contribution in [2.45, 2.75) is 26.2 Å². The minimum Gasteiger partial charge on any atom is -0.484 e. The van der Waals surface area contributed by atoms with Crippen LogP contribution in [0.3, 0.4) is 0 Å². The number of carbonyl (C=O) groups excluding carboxylic acids is 1. The van der Waals surface area contributed by atoms with Crippen LogP contribution in [0.15, 0.2) is 78.9 Å². The molecule has 3 aromatic carbocycles. The van der Waals surface area contributed by atoms with Crippen molar-refractivity contribution in [2.24, 2.45) is 0 Å². The van der Waals surface area contributed by atoms with Gasteiger partial charge in [0.05, 0.1) is 0 Å². The fourth-order valence-corrected chi connectivity index (χ4v) is 2.85. The van der Waals surface area contributed by atoms with Gasteiger partial charge in [0, 0.05) is 11.3 Å². The largest absolute Gasteiger partial charge is 0.484 e. The van der Waals surface area contributed by atoms with Crippen LogP contribution in [0.4, 0.5) is 5.69 Å². The van der Waals surface area contributed by atoms with E-state index in [1.807, 2.05) is 78.9 Å². The highest BCUT2D eigenvalue weighted by Gasteiger charge is 2.13. The number of rotatable bonds is 5. The van der Waals surface area contributed by atoms with Gasteiger partial charge in [-0.15, -0.1) is 0 Å². The summed E-state index contributed by atoms with van der Waals surface area (Å²) in [5.41, 5.74) is 4.15. The first-order valence-electron chi connectivity index (χ1n) is 9.11. The molecule has 0 aliphatic rings. The van der Waals surface area contributed by atoms with E-state index in [1.54, 1.807) is 0 Å². The molecule has 0 heterocycles. The number of amides is 1. The van der Waals surface area contributed by atoms with Crippen LogP contribution in [0.1, 0.15) is 26.3 Å². The molecular weight excluding hydrogens is 334 g/mol. The van der Waals surface area contributed by atoms with Crippen LogP contribution >= 0.6 is 0 Å². The van der Waals surface area contributed by atoms with Crippen LogP contribution in [-0.2, 0) is 10.2 Å². The van der Waals surface area contributed by atoms with Crippen molar-refractivity contribution in [1.29, 1.82) is 0 Å². The summed E-state index contributed by atoms with van der Waals surface area (Å²) in [4.78, 5) is 12.4. The van der Waals surface area contributed by atoms with E-state index >= 15 is 0 Å². The quantitative estimate of drug-likeness (QED) is 0.637. The van der Waals surface area contributed by atoms with E-state index in [9.17, 15) is 4.79 Å². The van der Waals surface area contributed by atoms with Crippen molar-refractivity contribution in [3.05, 3.63) is 84.4 Å². The molecule has 0 bridgehead atoms. The molecule has 0 unspecified atom stereocenters. The molecule has 0 atom stereocenters. The third kappa shape index (κ3) is 4.98.